The standard InChI is InChI=1S/C22H32F2N2O4/c1-3-5-7-13-26(14-8-6-4-2)22(30)17(10-12-20(27)28)21(29)25-16-9-11-18(23)19(24)15-16/h9,11,15,17H,3-8,10,12-14H2,1-2H3,(H,25,29)(H,27,28). The summed E-state index contributed by atoms with van der Waals surface area (Å²) in [5.74, 6) is -5.65. The quantitative estimate of drug-likeness (QED) is 0.336. The number of halogens is 2. The van der Waals surface area contributed by atoms with E-state index in [-0.39, 0.29) is 18.5 Å². The summed E-state index contributed by atoms with van der Waals surface area (Å²) in [6, 6.07) is 2.89. The summed E-state index contributed by atoms with van der Waals surface area (Å²) in [6.45, 7) is 5.10. The van der Waals surface area contributed by atoms with Crippen molar-refractivity contribution in [2.45, 2.75) is 65.2 Å². The van der Waals surface area contributed by atoms with Crippen molar-refractivity contribution < 1.29 is 28.3 Å². The molecule has 0 radical (unpaired) electrons. The highest BCUT2D eigenvalue weighted by atomic mass is 19.2. The van der Waals surface area contributed by atoms with Gasteiger partial charge in [0.05, 0.1) is 0 Å². The first-order valence-corrected chi connectivity index (χ1v) is 10.6. The Balaban J connectivity index is 2.98. The third-order valence-corrected chi connectivity index (χ3v) is 4.82. The van der Waals surface area contributed by atoms with E-state index >= 15 is 0 Å². The molecule has 1 atom stereocenters. The zero-order valence-corrected chi connectivity index (χ0v) is 17.8. The minimum atomic E-state index is -1.21. The molecule has 1 rings (SSSR count). The van der Waals surface area contributed by atoms with E-state index in [4.69, 9.17) is 5.11 Å². The molecule has 0 aliphatic rings. The first-order chi connectivity index (χ1) is 14.3. The maximum absolute atomic E-state index is 13.4. The first kappa shape index (κ1) is 25.5. The van der Waals surface area contributed by atoms with Crippen LogP contribution in [-0.4, -0.2) is 40.9 Å². The number of anilines is 1. The molecule has 0 aliphatic heterocycles. The van der Waals surface area contributed by atoms with E-state index in [2.05, 4.69) is 5.32 Å². The van der Waals surface area contributed by atoms with Crippen molar-refractivity contribution in [2.75, 3.05) is 18.4 Å². The second kappa shape index (κ2) is 13.7. The Labute approximate surface area is 176 Å². The zero-order chi connectivity index (χ0) is 22.5. The molecule has 0 bridgehead atoms. The molecule has 1 aromatic rings. The molecule has 0 spiro atoms. The Morgan fingerprint density at radius 2 is 1.60 bits per heavy atom. The van der Waals surface area contributed by atoms with Crippen LogP contribution < -0.4 is 5.32 Å². The molecule has 0 saturated carbocycles. The molecular weight excluding hydrogens is 394 g/mol. The zero-order valence-electron chi connectivity index (χ0n) is 17.8. The molecule has 0 aromatic heterocycles. The fourth-order valence-corrected chi connectivity index (χ4v) is 3.10. The van der Waals surface area contributed by atoms with Crippen molar-refractivity contribution in [1.82, 2.24) is 4.90 Å². The summed E-state index contributed by atoms with van der Waals surface area (Å²) < 4.78 is 26.6. The van der Waals surface area contributed by atoms with E-state index in [1.165, 1.54) is 6.07 Å². The number of nitrogens with one attached hydrogen (secondary N) is 1. The first-order valence-electron chi connectivity index (χ1n) is 10.6. The summed E-state index contributed by atoms with van der Waals surface area (Å²) in [4.78, 5) is 38.6. The van der Waals surface area contributed by atoms with Crippen molar-refractivity contribution in [3.63, 3.8) is 0 Å². The third-order valence-electron chi connectivity index (χ3n) is 4.82. The normalized spacial score (nSPS) is 11.7. The SMILES string of the molecule is CCCCCN(CCCCC)C(=O)C(CCC(=O)O)C(=O)Nc1ccc(F)c(F)c1. The molecule has 1 unspecified atom stereocenters. The molecule has 0 heterocycles. The molecule has 1 aromatic carbocycles. The fourth-order valence-electron chi connectivity index (χ4n) is 3.10. The maximum Gasteiger partial charge on any atom is 0.303 e. The van der Waals surface area contributed by atoms with Gasteiger partial charge in [0, 0.05) is 31.3 Å². The maximum atomic E-state index is 13.4. The highest BCUT2D eigenvalue weighted by Crippen LogP contribution is 2.18. The van der Waals surface area contributed by atoms with Crippen LogP contribution in [0.3, 0.4) is 0 Å². The van der Waals surface area contributed by atoms with Crippen molar-refractivity contribution >= 4 is 23.5 Å². The van der Waals surface area contributed by atoms with Crippen LogP contribution in [0, 0.1) is 17.6 Å². The van der Waals surface area contributed by atoms with Gasteiger partial charge in [-0.3, -0.25) is 14.4 Å². The second-order valence-corrected chi connectivity index (χ2v) is 7.34. The highest BCUT2D eigenvalue weighted by molar-refractivity contribution is 6.06. The smallest absolute Gasteiger partial charge is 0.303 e. The van der Waals surface area contributed by atoms with Gasteiger partial charge in [-0.15, -0.1) is 0 Å². The number of unbranched alkanes of at least 4 members (excludes halogenated alkanes) is 4. The monoisotopic (exact) mass is 426 g/mol. The van der Waals surface area contributed by atoms with Crippen molar-refractivity contribution in [1.29, 1.82) is 0 Å². The predicted octanol–water partition coefficient (Wildman–Crippen LogP) is 4.59. The number of hydrogen-bond donors (Lipinski definition) is 2. The fraction of sp³-hybridized carbons (Fsp3) is 0.591. The molecule has 8 heteroatoms. The summed E-state index contributed by atoms with van der Waals surface area (Å²) >= 11 is 0. The Bertz CT molecular complexity index is 702. The predicted molar refractivity (Wildman–Crippen MR) is 111 cm³/mol. The number of carboxylic acids is 1. The number of benzene rings is 1. The van der Waals surface area contributed by atoms with Gasteiger partial charge >= 0.3 is 5.97 Å². The van der Waals surface area contributed by atoms with Crippen LogP contribution >= 0.6 is 0 Å². The summed E-state index contributed by atoms with van der Waals surface area (Å²) in [7, 11) is 0. The van der Waals surface area contributed by atoms with E-state index in [1.807, 2.05) is 13.8 Å². The van der Waals surface area contributed by atoms with Crippen molar-refractivity contribution in [3.8, 4) is 0 Å². The summed E-state index contributed by atoms with van der Waals surface area (Å²) in [5.41, 5.74) is 0.00976. The van der Waals surface area contributed by atoms with Gasteiger partial charge in [0.2, 0.25) is 11.8 Å². The number of carboxylic acid groups (broad SMARTS) is 1. The lowest BCUT2D eigenvalue weighted by atomic mass is 9.99. The van der Waals surface area contributed by atoms with E-state index in [0.29, 0.717) is 13.1 Å². The van der Waals surface area contributed by atoms with Gasteiger partial charge in [-0.2, -0.15) is 0 Å². The average molecular weight is 427 g/mol. The van der Waals surface area contributed by atoms with Gasteiger partial charge in [-0.05, 0) is 31.4 Å². The van der Waals surface area contributed by atoms with Gasteiger partial charge in [0.1, 0.15) is 5.92 Å². The highest BCUT2D eigenvalue weighted by Gasteiger charge is 2.31. The Hall–Kier alpha value is -2.51. The molecule has 0 saturated heterocycles. The van der Waals surface area contributed by atoms with Gasteiger partial charge in [-0.25, -0.2) is 8.78 Å². The van der Waals surface area contributed by atoms with E-state index in [9.17, 15) is 23.2 Å². The largest absolute Gasteiger partial charge is 0.481 e. The number of nitrogens with zero attached hydrogens (tertiary/aromatic N) is 1. The third kappa shape index (κ3) is 8.88. The molecule has 0 aliphatic carbocycles. The molecule has 30 heavy (non-hydrogen) atoms. The number of amides is 2. The molecule has 6 nitrogen and oxygen atoms in total. The van der Waals surface area contributed by atoms with Crippen LogP contribution in [0.1, 0.15) is 65.2 Å². The molecule has 2 amide bonds. The Kier molecular flexibility index (Phi) is 11.6. The molecule has 0 fully saturated rings. The van der Waals surface area contributed by atoms with E-state index in [1.54, 1.807) is 4.90 Å². The summed E-state index contributed by atoms with van der Waals surface area (Å²) in [6.07, 6.45) is 4.93. The van der Waals surface area contributed by atoms with E-state index in [0.717, 1.165) is 50.7 Å². The van der Waals surface area contributed by atoms with E-state index < -0.39 is 35.3 Å². The topological polar surface area (TPSA) is 86.7 Å². The van der Waals surface area contributed by atoms with Crippen LogP contribution in [0.15, 0.2) is 18.2 Å². The van der Waals surface area contributed by atoms with Crippen LogP contribution in [-0.2, 0) is 14.4 Å². The average Bonchev–Trinajstić information content (AvgIpc) is 2.69. The number of aliphatic carboxylic acids is 1. The van der Waals surface area contributed by atoms with Gasteiger partial charge < -0.3 is 15.3 Å². The number of rotatable bonds is 14. The van der Waals surface area contributed by atoms with Crippen LogP contribution in [0.4, 0.5) is 14.5 Å². The van der Waals surface area contributed by atoms with Gasteiger partial charge in [0.15, 0.2) is 11.6 Å². The second-order valence-electron chi connectivity index (χ2n) is 7.34. The van der Waals surface area contributed by atoms with Gasteiger partial charge in [0.25, 0.3) is 0 Å². The molecule has 2 N–H and O–H groups in total. The minimum absolute atomic E-state index is 0.00976. The van der Waals surface area contributed by atoms with Crippen LogP contribution in [0.25, 0.3) is 0 Å². The lowest BCUT2D eigenvalue weighted by Crippen LogP contribution is -2.42. The number of carbonyl (C=O) groups is 3. The number of carbonyl (C=O) groups excluding carboxylic acids is 2. The lowest BCUT2D eigenvalue weighted by molar-refractivity contribution is -0.142. The Morgan fingerprint density at radius 1 is 1.00 bits per heavy atom. The lowest BCUT2D eigenvalue weighted by Gasteiger charge is -2.27. The number of hydrogen-bond acceptors (Lipinski definition) is 3. The van der Waals surface area contributed by atoms with Crippen molar-refractivity contribution in [2.24, 2.45) is 5.92 Å². The minimum Gasteiger partial charge on any atom is -0.481 e. The Morgan fingerprint density at radius 3 is 2.10 bits per heavy atom. The van der Waals surface area contributed by atoms with Crippen LogP contribution in [0.5, 0.6) is 0 Å². The molecular formula is C22H32F2N2O4. The van der Waals surface area contributed by atoms with Gasteiger partial charge in [-0.1, -0.05) is 39.5 Å². The summed E-state index contributed by atoms with van der Waals surface area (Å²) in [5, 5.41) is 11.4. The van der Waals surface area contributed by atoms with Crippen molar-refractivity contribution in [3.05, 3.63) is 29.8 Å². The molecule has 168 valence electrons. The van der Waals surface area contributed by atoms with Crippen LogP contribution in [0.2, 0.25) is 0 Å².